The molecule has 0 spiro atoms. The van der Waals surface area contributed by atoms with E-state index >= 15 is 0 Å². The monoisotopic (exact) mass is 254 g/mol. The minimum Gasteiger partial charge on any atom is -0.497 e. The molecule has 0 saturated carbocycles. The second kappa shape index (κ2) is 4.72. The molecule has 0 aliphatic carbocycles. The maximum absolute atomic E-state index is 5.59. The molecule has 1 aromatic heterocycles. The predicted molar refractivity (Wildman–Crippen MR) is 74.8 cm³/mol. The summed E-state index contributed by atoms with van der Waals surface area (Å²) in [5.41, 5.74) is 3.27. The van der Waals surface area contributed by atoms with Crippen molar-refractivity contribution in [1.82, 2.24) is 9.97 Å². The van der Waals surface area contributed by atoms with Gasteiger partial charge in [0.25, 0.3) is 0 Å². The first-order valence-corrected chi connectivity index (χ1v) is 6.19. The number of methoxy groups -OCH3 is 1. The van der Waals surface area contributed by atoms with E-state index in [9.17, 15) is 0 Å². The van der Waals surface area contributed by atoms with E-state index in [4.69, 9.17) is 9.47 Å². The van der Waals surface area contributed by atoms with Crippen molar-refractivity contribution in [2.45, 2.75) is 6.92 Å². The van der Waals surface area contributed by atoms with Crippen LogP contribution in [-0.2, 0) is 0 Å². The summed E-state index contributed by atoms with van der Waals surface area (Å²) in [6.45, 7) is 2.56. The molecule has 0 fully saturated rings. The van der Waals surface area contributed by atoms with Crippen LogP contribution in [0.15, 0.2) is 36.4 Å². The summed E-state index contributed by atoms with van der Waals surface area (Å²) >= 11 is 0. The van der Waals surface area contributed by atoms with Crippen molar-refractivity contribution in [3.63, 3.8) is 0 Å². The Kier molecular flexibility index (Phi) is 2.91. The van der Waals surface area contributed by atoms with Crippen LogP contribution in [0, 0.1) is 0 Å². The van der Waals surface area contributed by atoms with Gasteiger partial charge in [0.05, 0.1) is 30.3 Å². The van der Waals surface area contributed by atoms with Gasteiger partial charge in [-0.15, -0.1) is 0 Å². The lowest BCUT2D eigenvalue weighted by molar-refractivity contribution is 0.343. The molecule has 0 amide bonds. The van der Waals surface area contributed by atoms with Gasteiger partial charge in [-0.05, 0) is 31.2 Å². The van der Waals surface area contributed by atoms with Gasteiger partial charge in [-0.25, -0.2) is 9.97 Å². The minimum atomic E-state index is 0.608. The smallest absolute Gasteiger partial charge is 0.147 e. The first kappa shape index (κ1) is 11.7. The van der Waals surface area contributed by atoms with Crippen molar-refractivity contribution < 1.29 is 9.47 Å². The molecule has 3 aromatic rings. The van der Waals surface area contributed by atoms with E-state index in [-0.39, 0.29) is 0 Å². The van der Waals surface area contributed by atoms with E-state index < -0.39 is 0 Å². The topological polar surface area (TPSA) is 44.2 Å². The molecule has 1 heterocycles. The van der Waals surface area contributed by atoms with Gasteiger partial charge in [-0.3, -0.25) is 0 Å². The molecule has 19 heavy (non-hydrogen) atoms. The second-order valence-corrected chi connectivity index (χ2v) is 4.14. The summed E-state index contributed by atoms with van der Waals surface area (Å²) in [5.74, 6) is 1.53. The SMILES string of the molecule is CCOc1cccc2nc3ccc(OC)cc3nc12. The number of fused-ring (bicyclic) bond motifs is 2. The van der Waals surface area contributed by atoms with Gasteiger partial charge in [-0.2, -0.15) is 0 Å². The zero-order chi connectivity index (χ0) is 13.2. The van der Waals surface area contributed by atoms with E-state index in [1.54, 1.807) is 7.11 Å². The Bertz CT molecular complexity index is 741. The maximum Gasteiger partial charge on any atom is 0.147 e. The molecule has 0 unspecified atom stereocenters. The van der Waals surface area contributed by atoms with Gasteiger partial charge >= 0.3 is 0 Å². The van der Waals surface area contributed by atoms with Crippen LogP contribution in [0.5, 0.6) is 11.5 Å². The van der Waals surface area contributed by atoms with Crippen molar-refractivity contribution in [2.24, 2.45) is 0 Å². The lowest BCUT2D eigenvalue weighted by atomic mass is 10.2. The number of hydrogen-bond acceptors (Lipinski definition) is 4. The lowest BCUT2D eigenvalue weighted by Crippen LogP contribution is -1.95. The summed E-state index contributed by atoms with van der Waals surface area (Å²) < 4.78 is 10.8. The number of benzene rings is 2. The Morgan fingerprint density at radius 1 is 1.00 bits per heavy atom. The summed E-state index contributed by atoms with van der Waals surface area (Å²) in [6.07, 6.45) is 0. The average Bonchev–Trinajstić information content (AvgIpc) is 2.45. The highest BCUT2D eigenvalue weighted by Crippen LogP contribution is 2.26. The molecule has 2 aromatic carbocycles. The maximum atomic E-state index is 5.59. The molecule has 0 aliphatic rings. The third kappa shape index (κ3) is 2.05. The summed E-state index contributed by atoms with van der Waals surface area (Å²) in [4.78, 5) is 9.24. The van der Waals surface area contributed by atoms with Crippen LogP contribution in [0.2, 0.25) is 0 Å². The summed E-state index contributed by atoms with van der Waals surface area (Å²) in [7, 11) is 1.64. The van der Waals surface area contributed by atoms with E-state index in [1.807, 2.05) is 43.3 Å². The van der Waals surface area contributed by atoms with Gasteiger partial charge in [0.1, 0.15) is 17.0 Å². The summed E-state index contributed by atoms with van der Waals surface area (Å²) in [6, 6.07) is 11.5. The molecule has 4 heteroatoms. The fourth-order valence-corrected chi connectivity index (χ4v) is 2.05. The first-order valence-electron chi connectivity index (χ1n) is 6.19. The van der Waals surface area contributed by atoms with Crippen LogP contribution in [0.4, 0.5) is 0 Å². The zero-order valence-electron chi connectivity index (χ0n) is 10.9. The van der Waals surface area contributed by atoms with Gasteiger partial charge in [0.2, 0.25) is 0 Å². The largest absolute Gasteiger partial charge is 0.497 e. The standard InChI is InChI=1S/C15H14N2O2/c1-3-19-14-6-4-5-12-15(14)17-13-9-10(18-2)7-8-11(13)16-12/h4-9H,3H2,1-2H3. The molecule has 4 nitrogen and oxygen atoms in total. The molecule has 0 aliphatic heterocycles. The predicted octanol–water partition coefficient (Wildman–Crippen LogP) is 3.19. The number of nitrogens with zero attached hydrogens (tertiary/aromatic N) is 2. The van der Waals surface area contributed by atoms with Gasteiger partial charge in [-0.1, -0.05) is 6.07 Å². The van der Waals surface area contributed by atoms with Crippen LogP contribution < -0.4 is 9.47 Å². The number of rotatable bonds is 3. The Balaban J connectivity index is 2.29. The van der Waals surface area contributed by atoms with Crippen molar-refractivity contribution in [2.75, 3.05) is 13.7 Å². The number of hydrogen-bond donors (Lipinski definition) is 0. The molecule has 3 rings (SSSR count). The quantitative estimate of drug-likeness (QED) is 0.673. The zero-order valence-corrected chi connectivity index (χ0v) is 10.9. The summed E-state index contributed by atoms with van der Waals surface area (Å²) in [5, 5.41) is 0. The van der Waals surface area contributed by atoms with E-state index in [0.717, 1.165) is 33.6 Å². The van der Waals surface area contributed by atoms with E-state index in [1.165, 1.54) is 0 Å². The highest BCUT2D eigenvalue weighted by molar-refractivity contribution is 5.90. The fraction of sp³-hybridized carbons (Fsp3) is 0.200. The molecule has 0 radical (unpaired) electrons. The second-order valence-electron chi connectivity index (χ2n) is 4.14. The van der Waals surface area contributed by atoms with Gasteiger partial charge < -0.3 is 9.47 Å². The minimum absolute atomic E-state index is 0.608. The third-order valence-corrected chi connectivity index (χ3v) is 2.93. The Hall–Kier alpha value is -2.36. The number of para-hydroxylation sites is 1. The van der Waals surface area contributed by atoms with Gasteiger partial charge in [0.15, 0.2) is 0 Å². The highest BCUT2D eigenvalue weighted by atomic mass is 16.5. The molecule has 0 atom stereocenters. The number of ether oxygens (including phenoxy) is 2. The van der Waals surface area contributed by atoms with Crippen LogP contribution in [0.3, 0.4) is 0 Å². The Labute approximate surface area is 111 Å². The Morgan fingerprint density at radius 2 is 1.89 bits per heavy atom. The average molecular weight is 254 g/mol. The number of aromatic nitrogens is 2. The van der Waals surface area contributed by atoms with Gasteiger partial charge in [0, 0.05) is 6.07 Å². The molecule has 0 saturated heterocycles. The van der Waals surface area contributed by atoms with Crippen LogP contribution in [0.1, 0.15) is 6.92 Å². The highest BCUT2D eigenvalue weighted by Gasteiger charge is 2.07. The van der Waals surface area contributed by atoms with E-state index in [2.05, 4.69) is 9.97 Å². The normalized spacial score (nSPS) is 10.8. The molecular formula is C15H14N2O2. The van der Waals surface area contributed by atoms with Crippen molar-refractivity contribution >= 4 is 22.1 Å². The van der Waals surface area contributed by atoms with Crippen molar-refractivity contribution in [3.05, 3.63) is 36.4 Å². The molecule has 0 bridgehead atoms. The van der Waals surface area contributed by atoms with Crippen molar-refractivity contribution in [1.29, 1.82) is 0 Å². The van der Waals surface area contributed by atoms with Crippen LogP contribution in [0.25, 0.3) is 22.1 Å². The Morgan fingerprint density at radius 3 is 2.68 bits per heavy atom. The van der Waals surface area contributed by atoms with E-state index in [0.29, 0.717) is 6.61 Å². The molecule has 0 N–H and O–H groups in total. The molecular weight excluding hydrogens is 240 g/mol. The first-order chi connectivity index (χ1) is 9.31. The van der Waals surface area contributed by atoms with Crippen molar-refractivity contribution in [3.8, 4) is 11.5 Å². The fourth-order valence-electron chi connectivity index (χ4n) is 2.05. The van der Waals surface area contributed by atoms with Crippen LogP contribution >= 0.6 is 0 Å². The lowest BCUT2D eigenvalue weighted by Gasteiger charge is -2.08. The molecule has 96 valence electrons. The third-order valence-electron chi connectivity index (χ3n) is 2.93. The van der Waals surface area contributed by atoms with Crippen LogP contribution in [-0.4, -0.2) is 23.7 Å².